The largest absolute Gasteiger partial charge is 0.240 e. The Bertz CT molecular complexity index is 1640. The summed E-state index contributed by atoms with van der Waals surface area (Å²) in [6.07, 6.45) is 5.66. The third-order valence-corrected chi connectivity index (χ3v) is 4.98. The molecule has 0 unspecified atom stereocenters. The number of halogens is 3. The summed E-state index contributed by atoms with van der Waals surface area (Å²) in [7, 11) is 0. The highest BCUT2D eigenvalue weighted by molar-refractivity contribution is 5.50. The molecule has 0 heterocycles. The molecule has 8 nitrogen and oxygen atoms in total. The van der Waals surface area contributed by atoms with Crippen LogP contribution in [0.2, 0.25) is 0 Å². The molecule has 0 bridgehead atoms. The standard InChI is InChI=1S/3C8H6FNO.C8H7NO/c1-6-4-7(10-5-11)2-3-8(6)9;9-8-3-1-7(2-4-8)5-10-6-11;9-8-3-1-2-7(4-8)5-10-6-11;1-7-2-4-8(5-3-7)9-6-10/h2-4H,1H3;2*1-4H,5H2;2-5H,1H3. The van der Waals surface area contributed by atoms with Crippen molar-refractivity contribution in [2.45, 2.75) is 26.9 Å². The van der Waals surface area contributed by atoms with E-state index in [-0.39, 0.29) is 30.5 Å². The van der Waals surface area contributed by atoms with Gasteiger partial charge in [0.25, 0.3) is 0 Å². The fraction of sp³-hybridized carbons (Fsp3) is 0.125. The fourth-order valence-corrected chi connectivity index (χ4v) is 2.90. The number of aliphatic imine (C=N–C) groups is 4. The fourth-order valence-electron chi connectivity index (χ4n) is 2.90. The average Bonchev–Trinajstić information content (AvgIpc) is 3.00. The first-order valence-corrected chi connectivity index (χ1v) is 12.3. The maximum absolute atomic E-state index is 12.6. The summed E-state index contributed by atoms with van der Waals surface area (Å²) in [5, 5.41) is 0. The van der Waals surface area contributed by atoms with E-state index in [9.17, 15) is 32.3 Å². The van der Waals surface area contributed by atoms with Gasteiger partial charge in [0, 0.05) is 0 Å². The van der Waals surface area contributed by atoms with Crippen molar-refractivity contribution in [1.82, 2.24) is 0 Å². The lowest BCUT2D eigenvalue weighted by Gasteiger charge is -1.94. The molecule has 0 atom stereocenters. The number of benzene rings is 4. The minimum atomic E-state index is -0.316. The van der Waals surface area contributed by atoms with Crippen LogP contribution in [0.3, 0.4) is 0 Å². The number of hydrogen-bond acceptors (Lipinski definition) is 8. The molecule has 4 aromatic rings. The molecular formula is C32H25F3N4O4. The second-order valence-electron chi connectivity index (χ2n) is 8.25. The van der Waals surface area contributed by atoms with Crippen molar-refractivity contribution in [1.29, 1.82) is 0 Å². The molecule has 0 aromatic heterocycles. The van der Waals surface area contributed by atoms with Gasteiger partial charge >= 0.3 is 0 Å². The molecule has 0 saturated heterocycles. The lowest BCUT2D eigenvalue weighted by molar-refractivity contribution is 0.562. The lowest BCUT2D eigenvalue weighted by atomic mass is 10.2. The van der Waals surface area contributed by atoms with E-state index in [1.54, 1.807) is 43.3 Å². The van der Waals surface area contributed by atoms with E-state index in [4.69, 9.17) is 0 Å². The monoisotopic (exact) mass is 586 g/mol. The molecule has 4 aromatic carbocycles. The molecule has 43 heavy (non-hydrogen) atoms. The van der Waals surface area contributed by atoms with Gasteiger partial charge in [0.2, 0.25) is 24.3 Å². The highest BCUT2D eigenvalue weighted by atomic mass is 19.1. The number of aryl methyl sites for hydroxylation is 2. The predicted molar refractivity (Wildman–Crippen MR) is 154 cm³/mol. The Morgan fingerprint density at radius 3 is 1.65 bits per heavy atom. The molecule has 0 aliphatic heterocycles. The van der Waals surface area contributed by atoms with Crippen molar-refractivity contribution < 1.29 is 32.3 Å². The summed E-state index contributed by atoms with van der Waals surface area (Å²) in [6.45, 7) is 4.05. The molecular weight excluding hydrogens is 561 g/mol. The molecule has 11 heteroatoms. The predicted octanol–water partition coefficient (Wildman–Crippen LogP) is 7.39. The normalized spacial score (nSPS) is 8.77. The van der Waals surface area contributed by atoms with Crippen molar-refractivity contribution in [3.63, 3.8) is 0 Å². The lowest BCUT2D eigenvalue weighted by Crippen LogP contribution is -1.81. The zero-order valence-corrected chi connectivity index (χ0v) is 23.1. The Morgan fingerprint density at radius 1 is 0.558 bits per heavy atom. The second-order valence-corrected chi connectivity index (χ2v) is 8.25. The Morgan fingerprint density at radius 2 is 1.12 bits per heavy atom. The Labute approximate surface area is 245 Å². The second kappa shape index (κ2) is 21.0. The van der Waals surface area contributed by atoms with Gasteiger partial charge in [0.1, 0.15) is 17.5 Å². The number of nitrogens with zero attached hydrogens (tertiary/aromatic N) is 4. The van der Waals surface area contributed by atoms with Gasteiger partial charge in [-0.1, -0.05) is 42.0 Å². The summed E-state index contributed by atoms with van der Waals surface area (Å²) in [5.41, 5.74) is 4.19. The summed E-state index contributed by atoms with van der Waals surface area (Å²) >= 11 is 0. The van der Waals surface area contributed by atoms with Crippen LogP contribution < -0.4 is 0 Å². The van der Waals surface area contributed by atoms with Crippen LogP contribution in [-0.4, -0.2) is 24.3 Å². The van der Waals surface area contributed by atoms with Crippen molar-refractivity contribution in [2.75, 3.05) is 0 Å². The number of rotatable bonds is 6. The van der Waals surface area contributed by atoms with E-state index in [1.165, 1.54) is 66.8 Å². The van der Waals surface area contributed by atoms with Gasteiger partial charge in [-0.25, -0.2) is 42.3 Å². The highest BCUT2D eigenvalue weighted by Gasteiger charge is 1.96. The minimum absolute atomic E-state index is 0.196. The molecule has 0 fully saturated rings. The van der Waals surface area contributed by atoms with E-state index in [2.05, 4.69) is 20.0 Å². The molecule has 0 amide bonds. The summed E-state index contributed by atoms with van der Waals surface area (Å²) in [5.74, 6) is -0.901. The Kier molecular flexibility index (Phi) is 17.2. The highest BCUT2D eigenvalue weighted by Crippen LogP contribution is 2.15. The van der Waals surface area contributed by atoms with Crippen LogP contribution in [0.25, 0.3) is 0 Å². The van der Waals surface area contributed by atoms with Gasteiger partial charge in [-0.05, 0) is 85.1 Å². The van der Waals surface area contributed by atoms with Crippen molar-refractivity contribution in [3.8, 4) is 0 Å². The molecule has 0 aliphatic carbocycles. The van der Waals surface area contributed by atoms with Gasteiger partial charge in [-0.2, -0.15) is 9.98 Å². The quantitative estimate of drug-likeness (QED) is 0.173. The maximum atomic E-state index is 12.6. The van der Waals surface area contributed by atoms with E-state index in [0.717, 1.165) is 11.1 Å². The van der Waals surface area contributed by atoms with E-state index < -0.39 is 0 Å². The number of carbonyl (C=O) groups excluding carboxylic acids is 4. The summed E-state index contributed by atoms with van der Waals surface area (Å²) < 4.78 is 37.4. The third kappa shape index (κ3) is 16.1. The number of hydrogen-bond donors (Lipinski definition) is 0. The van der Waals surface area contributed by atoms with Gasteiger partial charge in [-0.15, -0.1) is 0 Å². The smallest absolute Gasteiger partial charge is 0.211 e. The van der Waals surface area contributed by atoms with Crippen molar-refractivity contribution >= 4 is 35.7 Å². The van der Waals surface area contributed by atoms with Crippen molar-refractivity contribution in [2.24, 2.45) is 20.0 Å². The SMILES string of the molecule is Cc1cc(N=C=O)ccc1F.Cc1ccc(N=C=O)cc1.O=C=NCc1ccc(F)cc1.O=C=NCc1cccc(F)c1. The van der Waals surface area contributed by atoms with Gasteiger partial charge in [0.05, 0.1) is 24.5 Å². The molecule has 0 N–H and O–H groups in total. The molecule has 218 valence electrons. The molecule has 0 saturated carbocycles. The Balaban J connectivity index is 0.000000287. The first-order valence-electron chi connectivity index (χ1n) is 12.3. The molecule has 0 radical (unpaired) electrons. The van der Waals surface area contributed by atoms with Crippen LogP contribution in [0.4, 0.5) is 24.5 Å². The topological polar surface area (TPSA) is 118 Å². The van der Waals surface area contributed by atoms with Gasteiger partial charge in [0.15, 0.2) is 0 Å². The van der Waals surface area contributed by atoms with E-state index in [1.807, 2.05) is 19.1 Å². The van der Waals surface area contributed by atoms with Gasteiger partial charge < -0.3 is 0 Å². The molecule has 4 rings (SSSR count). The summed E-state index contributed by atoms with van der Waals surface area (Å²) in [4.78, 5) is 52.3. The maximum Gasteiger partial charge on any atom is 0.240 e. The third-order valence-electron chi connectivity index (χ3n) is 4.98. The van der Waals surface area contributed by atoms with Crippen LogP contribution >= 0.6 is 0 Å². The first-order chi connectivity index (χ1) is 20.7. The van der Waals surface area contributed by atoms with Gasteiger partial charge in [-0.3, -0.25) is 0 Å². The minimum Gasteiger partial charge on any atom is -0.211 e. The zero-order valence-electron chi connectivity index (χ0n) is 23.1. The first kappa shape index (κ1) is 35.2. The molecule has 0 spiro atoms. The van der Waals surface area contributed by atoms with Crippen LogP contribution in [0, 0.1) is 31.3 Å². The van der Waals surface area contributed by atoms with E-state index >= 15 is 0 Å². The molecule has 0 aliphatic rings. The van der Waals surface area contributed by atoms with Crippen LogP contribution in [-0.2, 0) is 32.3 Å². The van der Waals surface area contributed by atoms with Crippen LogP contribution in [0.1, 0.15) is 22.3 Å². The van der Waals surface area contributed by atoms with Crippen LogP contribution in [0.5, 0.6) is 0 Å². The van der Waals surface area contributed by atoms with E-state index in [0.29, 0.717) is 22.5 Å². The summed E-state index contributed by atoms with van der Waals surface area (Å²) in [6, 6.07) is 23.3. The van der Waals surface area contributed by atoms with Crippen LogP contribution in [0.15, 0.2) is 111 Å². The zero-order chi connectivity index (χ0) is 31.9. The Hall–Kier alpha value is -5.81. The number of isocyanates is 4. The van der Waals surface area contributed by atoms with Crippen molar-refractivity contribution in [3.05, 3.63) is 131 Å². The average molecular weight is 587 g/mol.